The molecule has 0 aliphatic carbocycles. The lowest BCUT2D eigenvalue weighted by molar-refractivity contribution is -0.152. The molecule has 0 saturated carbocycles. The summed E-state index contributed by atoms with van der Waals surface area (Å²) in [7, 11) is 0. The normalized spacial score (nSPS) is 9.38. The Balaban J connectivity index is -0.000000550. The van der Waals surface area contributed by atoms with Crippen LogP contribution in [0.15, 0.2) is 65.6 Å². The number of hydrogen-bond acceptors (Lipinski definition) is 5. The van der Waals surface area contributed by atoms with Gasteiger partial charge in [-0.1, -0.05) is 82.3 Å². The first kappa shape index (κ1) is 45.6. The molecule has 0 unspecified atom stereocenters. The van der Waals surface area contributed by atoms with Crippen LogP contribution >= 0.6 is 0 Å². The highest BCUT2D eigenvalue weighted by atomic mass is 16.5. The number of hydrogen-bond donors (Lipinski definition) is 1. The van der Waals surface area contributed by atoms with Gasteiger partial charge >= 0.3 is 5.97 Å². The summed E-state index contributed by atoms with van der Waals surface area (Å²) in [5, 5.41) is 9.21. The van der Waals surface area contributed by atoms with Crippen molar-refractivity contribution in [2.24, 2.45) is 0 Å². The summed E-state index contributed by atoms with van der Waals surface area (Å²) in [4.78, 5) is 18.1. The van der Waals surface area contributed by atoms with Gasteiger partial charge < -0.3 is 19.2 Å². The van der Waals surface area contributed by atoms with Crippen molar-refractivity contribution in [2.45, 2.75) is 104 Å². The van der Waals surface area contributed by atoms with Gasteiger partial charge in [-0.2, -0.15) is 4.98 Å². The Labute approximate surface area is 241 Å². The van der Waals surface area contributed by atoms with Crippen molar-refractivity contribution in [3.8, 4) is 5.75 Å². The van der Waals surface area contributed by atoms with Crippen LogP contribution in [0.3, 0.4) is 0 Å². The topological polar surface area (TPSA) is 75.8 Å². The molecule has 2 aromatic carbocycles. The summed E-state index contributed by atoms with van der Waals surface area (Å²) in [6.45, 7) is 8.61. The molecule has 6 nitrogen and oxygen atoms in total. The van der Waals surface area contributed by atoms with Crippen LogP contribution in [0.25, 0.3) is 11.1 Å². The zero-order valence-electron chi connectivity index (χ0n) is 18.9. The fraction of sp³-hybridized carbons (Fsp3) is 0.515. The number of fused-ring (bicyclic) bond motifs is 1. The fourth-order valence-electron chi connectivity index (χ4n) is 3.43. The number of nitrogens with zero attached hydrogens (tertiary/aromatic N) is 2. The van der Waals surface area contributed by atoms with Gasteiger partial charge in [0.05, 0.1) is 0 Å². The number of ether oxygens (including phenoxy) is 1. The van der Waals surface area contributed by atoms with Crippen molar-refractivity contribution in [3.05, 3.63) is 66.7 Å². The number of aryl methyl sites for hydroxylation is 1. The smallest absolute Gasteiger partial charge is 0.347 e. The maximum absolute atomic E-state index is 11.2. The molecule has 1 aromatic heterocycles. The van der Waals surface area contributed by atoms with Crippen LogP contribution < -0.4 is 9.64 Å². The fourth-order valence-corrected chi connectivity index (χ4v) is 3.43. The Bertz CT molecular complexity index is 993. The number of carbonyl (C=O) groups is 1. The number of allylic oxidation sites excluding steroid dienone is 1. The second-order valence-electron chi connectivity index (χ2n) is 8.40. The lowest BCUT2D eigenvalue weighted by Crippen LogP contribution is -2.37. The molecule has 0 aliphatic heterocycles. The van der Waals surface area contributed by atoms with Gasteiger partial charge in [-0.25, -0.2) is 4.79 Å². The predicted molar refractivity (Wildman–Crippen MR) is 174 cm³/mol. The molecule has 0 aliphatic rings. The molecule has 0 atom stereocenters. The molecule has 3 rings (SSSR count). The first-order valence-electron chi connectivity index (χ1n) is 11.1. The molecule has 0 amide bonds. The highest BCUT2D eigenvalue weighted by molar-refractivity contribution is 5.76. The number of para-hydroxylation sites is 2. The molecule has 1 N–H and O–H groups in total. The molecule has 0 spiro atoms. The molecule has 0 radical (unpaired) electrons. The number of benzene rings is 2. The second-order valence-corrected chi connectivity index (χ2v) is 8.40. The summed E-state index contributed by atoms with van der Waals surface area (Å²) in [6, 6.07) is 16.1. The van der Waals surface area contributed by atoms with Crippen LogP contribution in [0.2, 0.25) is 0 Å². The molecule has 226 valence electrons. The van der Waals surface area contributed by atoms with E-state index < -0.39 is 11.6 Å². The molecule has 1 heterocycles. The van der Waals surface area contributed by atoms with Crippen LogP contribution in [-0.2, 0) is 11.2 Å². The molecular formula is C33H60N2O4. The van der Waals surface area contributed by atoms with Crippen LogP contribution in [0.1, 0.15) is 97.1 Å². The zero-order chi connectivity index (χ0) is 23.0. The number of aliphatic carboxylic acids is 1. The molecule has 39 heavy (non-hydrogen) atoms. The molecule has 0 saturated heterocycles. The largest absolute Gasteiger partial charge is 0.478 e. The Kier molecular flexibility index (Phi) is 25.3. The lowest BCUT2D eigenvalue weighted by atomic mass is 10.1. The molecule has 6 heteroatoms. The Morgan fingerprint density at radius 2 is 1.54 bits per heavy atom. The highest BCUT2D eigenvalue weighted by Crippen LogP contribution is 2.23. The maximum Gasteiger partial charge on any atom is 0.347 e. The zero-order valence-corrected chi connectivity index (χ0v) is 18.9. The monoisotopic (exact) mass is 548 g/mol. The number of carboxylic acid groups (broad SMARTS) is 1. The lowest BCUT2D eigenvalue weighted by Gasteiger charge is -2.22. The third-order valence-electron chi connectivity index (χ3n) is 5.34. The minimum atomic E-state index is -1.26. The van der Waals surface area contributed by atoms with E-state index in [-0.39, 0.29) is 52.0 Å². The van der Waals surface area contributed by atoms with Crippen molar-refractivity contribution in [1.82, 2.24) is 4.98 Å². The van der Waals surface area contributed by atoms with Gasteiger partial charge in [0, 0.05) is 13.1 Å². The number of rotatable bonds is 13. The van der Waals surface area contributed by atoms with E-state index in [2.05, 4.69) is 16.5 Å². The maximum atomic E-state index is 11.2. The van der Waals surface area contributed by atoms with Crippen LogP contribution in [0, 0.1) is 0 Å². The molecule has 0 bridgehead atoms. The molecule has 0 fully saturated rings. The van der Waals surface area contributed by atoms with Gasteiger partial charge in [0.2, 0.25) is 0 Å². The van der Waals surface area contributed by atoms with Gasteiger partial charge in [0.1, 0.15) is 11.3 Å². The van der Waals surface area contributed by atoms with Gasteiger partial charge in [-0.15, -0.1) is 6.58 Å². The summed E-state index contributed by atoms with van der Waals surface area (Å²) in [6.07, 6.45) is 6.95. The van der Waals surface area contributed by atoms with E-state index in [9.17, 15) is 9.90 Å². The average molecular weight is 549 g/mol. The van der Waals surface area contributed by atoms with E-state index in [1.807, 2.05) is 54.6 Å². The Morgan fingerprint density at radius 3 is 2.10 bits per heavy atom. The second kappa shape index (κ2) is 21.6. The standard InChI is InChI=1S/C26H32N2O4.7CH4/c1-4-5-6-9-18-28(25-27-22-12-7-8-13-23(22)31-25)19-10-11-20-14-16-21(17-15-20)32-26(2,3)24(29)30;;;;;;;/h4,7-8,12-17H,1,5-6,9-11,18-19H2,2-3H3,(H,29,30);7*1H4. The van der Waals surface area contributed by atoms with Gasteiger partial charge in [-0.05, 0) is 75.8 Å². The van der Waals surface area contributed by atoms with Gasteiger partial charge in [-0.3, -0.25) is 0 Å². The van der Waals surface area contributed by atoms with Crippen molar-refractivity contribution in [3.63, 3.8) is 0 Å². The van der Waals surface area contributed by atoms with E-state index in [4.69, 9.17) is 9.15 Å². The van der Waals surface area contributed by atoms with E-state index in [1.165, 1.54) is 5.56 Å². The van der Waals surface area contributed by atoms with Gasteiger partial charge in [0.15, 0.2) is 11.2 Å². The minimum absolute atomic E-state index is 0. The number of anilines is 1. The molecule has 3 aromatic rings. The molecular weight excluding hydrogens is 488 g/mol. The average Bonchev–Trinajstić information content (AvgIpc) is 3.20. The first-order chi connectivity index (χ1) is 15.4. The summed E-state index contributed by atoms with van der Waals surface area (Å²) >= 11 is 0. The third-order valence-corrected chi connectivity index (χ3v) is 5.34. The van der Waals surface area contributed by atoms with E-state index in [1.54, 1.807) is 13.8 Å². The number of aromatic nitrogens is 1. The summed E-state index contributed by atoms with van der Waals surface area (Å²) in [5.74, 6) is -0.439. The van der Waals surface area contributed by atoms with E-state index in [0.717, 1.165) is 56.3 Å². The minimum Gasteiger partial charge on any atom is -0.478 e. The van der Waals surface area contributed by atoms with E-state index >= 15 is 0 Å². The van der Waals surface area contributed by atoms with Crippen LogP contribution in [0.4, 0.5) is 6.01 Å². The van der Waals surface area contributed by atoms with Crippen molar-refractivity contribution in [1.29, 1.82) is 0 Å². The summed E-state index contributed by atoms with van der Waals surface area (Å²) < 4.78 is 11.6. The van der Waals surface area contributed by atoms with Crippen LogP contribution in [0.5, 0.6) is 5.75 Å². The van der Waals surface area contributed by atoms with Crippen molar-refractivity contribution >= 4 is 23.1 Å². The Hall–Kier alpha value is -3.28. The predicted octanol–water partition coefficient (Wildman–Crippen LogP) is 10.3. The SMILES string of the molecule is C.C.C.C.C.C.C.C=CCCCCN(CCCc1ccc(OC(C)(C)C(=O)O)cc1)c1nc2ccccc2o1. The van der Waals surface area contributed by atoms with Gasteiger partial charge in [0.25, 0.3) is 6.01 Å². The quantitative estimate of drug-likeness (QED) is 0.169. The number of oxazole rings is 1. The van der Waals surface area contributed by atoms with E-state index in [0.29, 0.717) is 11.8 Å². The number of unbranched alkanes of at least 4 members (excludes halogenated alkanes) is 2. The first-order valence-corrected chi connectivity index (χ1v) is 11.1. The number of carboxylic acids is 1. The third kappa shape index (κ3) is 13.4. The Morgan fingerprint density at radius 1 is 0.949 bits per heavy atom. The van der Waals surface area contributed by atoms with Crippen LogP contribution in [-0.4, -0.2) is 34.8 Å². The highest BCUT2D eigenvalue weighted by Gasteiger charge is 2.29. The van der Waals surface area contributed by atoms with Crippen molar-refractivity contribution < 1.29 is 19.1 Å². The summed E-state index contributed by atoms with van der Waals surface area (Å²) in [5.41, 5.74) is 1.60. The van der Waals surface area contributed by atoms with Crippen molar-refractivity contribution in [2.75, 3.05) is 18.0 Å².